The lowest BCUT2D eigenvalue weighted by Crippen LogP contribution is -2.19. The van der Waals surface area contributed by atoms with E-state index < -0.39 is 0 Å². The Balaban J connectivity index is 0.00000264. The van der Waals surface area contributed by atoms with E-state index in [2.05, 4.69) is 9.88 Å². The molecule has 0 atom stereocenters. The second-order valence-electron chi connectivity index (χ2n) is 5.16. The van der Waals surface area contributed by atoms with Gasteiger partial charge < -0.3 is 9.64 Å². The van der Waals surface area contributed by atoms with Crippen LogP contribution in [0.3, 0.4) is 0 Å². The molecule has 0 spiro atoms. The van der Waals surface area contributed by atoms with Gasteiger partial charge in [0.2, 0.25) is 0 Å². The number of carbonyl (C=O) groups is 1. The Morgan fingerprint density at radius 3 is 2.57 bits per heavy atom. The highest BCUT2D eigenvalue weighted by Crippen LogP contribution is 2.13. The van der Waals surface area contributed by atoms with Crippen molar-refractivity contribution in [3.8, 4) is 5.75 Å². The van der Waals surface area contributed by atoms with Crippen LogP contribution in [0.1, 0.15) is 15.9 Å². The second-order valence-corrected chi connectivity index (χ2v) is 5.16. The van der Waals surface area contributed by atoms with Crippen molar-refractivity contribution >= 4 is 24.3 Å². The summed E-state index contributed by atoms with van der Waals surface area (Å²) in [7, 11) is 4.02. The molecule has 0 radical (unpaired) electrons. The fraction of sp³-hybridized carbons (Fsp3) is 0.222. The van der Waals surface area contributed by atoms with Crippen molar-refractivity contribution in [1.82, 2.24) is 9.88 Å². The Bertz CT molecular complexity index is 625. The number of benzene rings is 1. The first-order valence-corrected chi connectivity index (χ1v) is 7.15. The van der Waals surface area contributed by atoms with Gasteiger partial charge >= 0.3 is 0 Å². The van der Waals surface area contributed by atoms with Crippen molar-refractivity contribution in [2.45, 2.75) is 0 Å². The first-order chi connectivity index (χ1) is 10.6. The summed E-state index contributed by atoms with van der Waals surface area (Å²) in [6, 6.07) is 11.2. The molecule has 0 amide bonds. The molecule has 0 unspecified atom stereocenters. The Hall–Kier alpha value is -2.17. The molecule has 23 heavy (non-hydrogen) atoms. The third-order valence-corrected chi connectivity index (χ3v) is 3.06. The third kappa shape index (κ3) is 6.63. The highest BCUT2D eigenvalue weighted by Gasteiger charge is 2.00. The molecule has 0 saturated heterocycles. The standard InChI is InChI=1S/C18H20N2O2.ClH/c1-20(2)12-13-22-17-8-5-15(6-9-17)7-10-18(21)16-4-3-11-19-14-16;/h3-11,14H,12-13H2,1-2H3;1H/b10-7+;. The summed E-state index contributed by atoms with van der Waals surface area (Å²) in [4.78, 5) is 17.9. The number of halogens is 1. The molecule has 0 aliphatic rings. The van der Waals surface area contributed by atoms with Gasteiger partial charge in [0.1, 0.15) is 12.4 Å². The van der Waals surface area contributed by atoms with Crippen molar-refractivity contribution in [3.63, 3.8) is 0 Å². The Kier molecular flexibility index (Phi) is 8.02. The molecule has 5 heteroatoms. The fourth-order valence-corrected chi connectivity index (χ4v) is 1.80. The van der Waals surface area contributed by atoms with Gasteiger partial charge in [0, 0.05) is 24.5 Å². The highest BCUT2D eigenvalue weighted by atomic mass is 35.5. The van der Waals surface area contributed by atoms with Gasteiger partial charge in [-0.15, -0.1) is 12.4 Å². The molecule has 0 fully saturated rings. The van der Waals surface area contributed by atoms with Gasteiger partial charge in [-0.1, -0.05) is 18.2 Å². The van der Waals surface area contributed by atoms with Crippen LogP contribution in [0, 0.1) is 0 Å². The molecular weight excluding hydrogens is 312 g/mol. The van der Waals surface area contributed by atoms with Crippen LogP contribution in [0.15, 0.2) is 54.9 Å². The summed E-state index contributed by atoms with van der Waals surface area (Å²) >= 11 is 0. The Morgan fingerprint density at radius 1 is 1.22 bits per heavy atom. The van der Waals surface area contributed by atoms with Gasteiger partial charge in [-0.2, -0.15) is 0 Å². The van der Waals surface area contributed by atoms with Crippen LogP contribution < -0.4 is 4.74 Å². The van der Waals surface area contributed by atoms with Gasteiger partial charge in [0.15, 0.2) is 5.78 Å². The lowest BCUT2D eigenvalue weighted by Gasteiger charge is -2.10. The van der Waals surface area contributed by atoms with E-state index in [0.717, 1.165) is 17.9 Å². The van der Waals surface area contributed by atoms with Crippen LogP contribution in [0.25, 0.3) is 6.08 Å². The molecule has 0 bridgehead atoms. The number of nitrogens with zero attached hydrogens (tertiary/aromatic N) is 2. The van der Waals surface area contributed by atoms with Crippen LogP contribution in [0.4, 0.5) is 0 Å². The number of aromatic nitrogens is 1. The zero-order chi connectivity index (χ0) is 15.8. The maximum atomic E-state index is 11.9. The van der Waals surface area contributed by atoms with Gasteiger partial charge in [0.05, 0.1) is 0 Å². The van der Waals surface area contributed by atoms with E-state index in [4.69, 9.17) is 4.74 Å². The molecule has 1 heterocycles. The van der Waals surface area contributed by atoms with Gasteiger partial charge in [-0.3, -0.25) is 9.78 Å². The number of hydrogen-bond acceptors (Lipinski definition) is 4. The minimum atomic E-state index is -0.0561. The van der Waals surface area contributed by atoms with Crippen molar-refractivity contribution in [3.05, 3.63) is 66.0 Å². The largest absolute Gasteiger partial charge is 0.492 e. The highest BCUT2D eigenvalue weighted by molar-refractivity contribution is 6.06. The SMILES string of the molecule is CN(C)CCOc1ccc(/C=C/C(=O)c2cccnc2)cc1.Cl. The van der Waals surface area contributed by atoms with Crippen LogP contribution >= 0.6 is 12.4 Å². The molecule has 0 N–H and O–H groups in total. The van der Waals surface area contributed by atoms with Crippen LogP contribution in [-0.4, -0.2) is 42.9 Å². The minimum Gasteiger partial charge on any atom is -0.492 e. The summed E-state index contributed by atoms with van der Waals surface area (Å²) in [6.07, 6.45) is 6.56. The Labute approximate surface area is 143 Å². The summed E-state index contributed by atoms with van der Waals surface area (Å²) in [5, 5.41) is 0. The van der Waals surface area contributed by atoms with Crippen molar-refractivity contribution in [1.29, 1.82) is 0 Å². The van der Waals surface area contributed by atoms with Crippen LogP contribution in [-0.2, 0) is 0 Å². The average Bonchev–Trinajstić information content (AvgIpc) is 2.54. The quantitative estimate of drug-likeness (QED) is 0.576. The van der Waals surface area contributed by atoms with E-state index in [9.17, 15) is 4.79 Å². The Morgan fingerprint density at radius 2 is 1.96 bits per heavy atom. The predicted molar refractivity (Wildman–Crippen MR) is 95.3 cm³/mol. The zero-order valence-corrected chi connectivity index (χ0v) is 14.1. The van der Waals surface area contributed by atoms with Crippen LogP contribution in [0.5, 0.6) is 5.75 Å². The third-order valence-electron chi connectivity index (χ3n) is 3.06. The van der Waals surface area contributed by atoms with E-state index in [-0.39, 0.29) is 18.2 Å². The smallest absolute Gasteiger partial charge is 0.187 e. The van der Waals surface area contributed by atoms with Gasteiger partial charge in [0.25, 0.3) is 0 Å². The first-order valence-electron chi connectivity index (χ1n) is 7.15. The molecular formula is C18H21ClN2O2. The summed E-state index contributed by atoms with van der Waals surface area (Å²) in [6.45, 7) is 1.53. The number of pyridine rings is 1. The number of hydrogen-bond donors (Lipinski definition) is 0. The average molecular weight is 333 g/mol. The van der Waals surface area contributed by atoms with Gasteiger partial charge in [-0.25, -0.2) is 0 Å². The molecule has 0 aliphatic heterocycles. The molecule has 0 aliphatic carbocycles. The number of ketones is 1. The summed E-state index contributed by atoms with van der Waals surface area (Å²) in [5.41, 5.74) is 1.54. The normalized spacial score (nSPS) is 10.6. The number of ether oxygens (including phenoxy) is 1. The maximum absolute atomic E-state index is 11.9. The molecule has 1 aromatic heterocycles. The monoisotopic (exact) mass is 332 g/mol. The van der Waals surface area contributed by atoms with E-state index in [1.807, 2.05) is 38.4 Å². The number of allylic oxidation sites excluding steroid dienone is 1. The molecule has 0 saturated carbocycles. The number of rotatable bonds is 7. The van der Waals surface area contributed by atoms with E-state index in [0.29, 0.717) is 12.2 Å². The number of likely N-dealkylation sites (N-methyl/N-ethyl adjacent to an activating group) is 1. The predicted octanol–water partition coefficient (Wildman–Crippen LogP) is 3.34. The maximum Gasteiger partial charge on any atom is 0.187 e. The molecule has 1 aromatic carbocycles. The zero-order valence-electron chi connectivity index (χ0n) is 13.3. The summed E-state index contributed by atoms with van der Waals surface area (Å²) in [5.74, 6) is 0.775. The second kappa shape index (κ2) is 9.77. The molecule has 122 valence electrons. The summed E-state index contributed by atoms with van der Waals surface area (Å²) < 4.78 is 5.63. The topological polar surface area (TPSA) is 42.4 Å². The minimum absolute atomic E-state index is 0. The lowest BCUT2D eigenvalue weighted by atomic mass is 10.1. The van der Waals surface area contributed by atoms with Crippen LogP contribution in [0.2, 0.25) is 0 Å². The van der Waals surface area contributed by atoms with E-state index in [1.54, 1.807) is 36.7 Å². The van der Waals surface area contributed by atoms with E-state index >= 15 is 0 Å². The lowest BCUT2D eigenvalue weighted by molar-refractivity contribution is 0.104. The number of carbonyl (C=O) groups excluding carboxylic acids is 1. The van der Waals surface area contributed by atoms with Crippen molar-refractivity contribution in [2.24, 2.45) is 0 Å². The fourth-order valence-electron chi connectivity index (χ4n) is 1.80. The van der Waals surface area contributed by atoms with Crippen molar-refractivity contribution in [2.75, 3.05) is 27.2 Å². The molecule has 2 rings (SSSR count). The van der Waals surface area contributed by atoms with Gasteiger partial charge in [-0.05, 0) is 50.0 Å². The van der Waals surface area contributed by atoms with Crippen molar-refractivity contribution < 1.29 is 9.53 Å². The molecule has 2 aromatic rings. The first kappa shape index (κ1) is 18.9. The van der Waals surface area contributed by atoms with E-state index in [1.165, 1.54) is 0 Å². The molecule has 4 nitrogen and oxygen atoms in total.